The quantitative estimate of drug-likeness (QED) is 0.197. The Morgan fingerprint density at radius 2 is 1.33 bits per heavy atom. The van der Waals surface area contributed by atoms with E-state index in [-0.39, 0.29) is 5.75 Å². The van der Waals surface area contributed by atoms with Crippen LogP contribution >= 0.6 is 0 Å². The van der Waals surface area contributed by atoms with Gasteiger partial charge in [-0.1, -0.05) is 70.4 Å². The van der Waals surface area contributed by atoms with E-state index >= 15 is 0 Å². The van der Waals surface area contributed by atoms with Gasteiger partial charge in [0, 0.05) is 6.61 Å². The second-order valence-corrected chi connectivity index (χ2v) is 8.05. The molecule has 0 aromatic carbocycles. The molecular formula is C19H38O4S. The standard InChI is InChI=1S/C19H38O4S/c1-2-3-4-5-8-11-14-17-23-18-15-12-9-6-7-10-13-16-19-24(20,21)22/h9,12H,2-8,10-11,13-19H2,1H3,(H,20,21,22)/b12-9-. The van der Waals surface area contributed by atoms with Crippen LogP contribution in [0.25, 0.3) is 0 Å². The first-order chi connectivity index (χ1) is 11.6. The van der Waals surface area contributed by atoms with E-state index < -0.39 is 10.1 Å². The zero-order chi connectivity index (χ0) is 17.9. The van der Waals surface area contributed by atoms with Crippen LogP contribution in [0.5, 0.6) is 0 Å². The first kappa shape index (κ1) is 23.6. The van der Waals surface area contributed by atoms with Crippen molar-refractivity contribution in [1.82, 2.24) is 0 Å². The fourth-order valence-corrected chi connectivity index (χ4v) is 3.12. The van der Waals surface area contributed by atoms with E-state index in [9.17, 15) is 8.42 Å². The number of unbranched alkanes of at least 4 members (excludes halogenated alkanes) is 10. The van der Waals surface area contributed by atoms with E-state index in [1.54, 1.807) is 0 Å². The van der Waals surface area contributed by atoms with Crippen LogP contribution in [-0.2, 0) is 14.9 Å². The highest BCUT2D eigenvalue weighted by atomic mass is 32.2. The van der Waals surface area contributed by atoms with Crippen molar-refractivity contribution in [1.29, 1.82) is 0 Å². The molecule has 0 saturated heterocycles. The van der Waals surface area contributed by atoms with Crippen molar-refractivity contribution in [3.05, 3.63) is 12.2 Å². The lowest BCUT2D eigenvalue weighted by Crippen LogP contribution is -2.03. The average Bonchev–Trinajstić information content (AvgIpc) is 2.52. The predicted octanol–water partition coefficient (Wildman–Crippen LogP) is 5.54. The summed E-state index contributed by atoms with van der Waals surface area (Å²) in [6.45, 7) is 3.94. The molecule has 0 fully saturated rings. The first-order valence-electron chi connectivity index (χ1n) is 9.74. The number of rotatable bonds is 18. The van der Waals surface area contributed by atoms with Crippen molar-refractivity contribution in [3.8, 4) is 0 Å². The van der Waals surface area contributed by atoms with Crippen LogP contribution in [0, 0.1) is 0 Å². The molecule has 1 N–H and O–H groups in total. The molecule has 0 aliphatic rings. The molecule has 0 aromatic rings. The maximum Gasteiger partial charge on any atom is 0.264 e. The summed E-state index contributed by atoms with van der Waals surface area (Å²) in [6, 6.07) is 0. The van der Waals surface area contributed by atoms with Crippen molar-refractivity contribution in [2.45, 2.75) is 90.4 Å². The minimum atomic E-state index is -3.77. The van der Waals surface area contributed by atoms with E-state index in [0.29, 0.717) is 6.42 Å². The predicted molar refractivity (Wildman–Crippen MR) is 102 cm³/mol. The number of hydrogen-bond acceptors (Lipinski definition) is 3. The first-order valence-corrected chi connectivity index (χ1v) is 11.3. The summed E-state index contributed by atoms with van der Waals surface area (Å²) in [5, 5.41) is 0. The lowest BCUT2D eigenvalue weighted by molar-refractivity contribution is 0.134. The van der Waals surface area contributed by atoms with Crippen molar-refractivity contribution in [2.75, 3.05) is 19.0 Å². The zero-order valence-corrected chi connectivity index (χ0v) is 16.4. The van der Waals surface area contributed by atoms with Gasteiger partial charge in [0.15, 0.2) is 0 Å². The molecule has 0 aromatic heterocycles. The molecule has 0 amide bonds. The van der Waals surface area contributed by atoms with Crippen LogP contribution in [-0.4, -0.2) is 31.9 Å². The summed E-state index contributed by atoms with van der Waals surface area (Å²) >= 11 is 0. The highest BCUT2D eigenvalue weighted by Crippen LogP contribution is 2.07. The van der Waals surface area contributed by atoms with Gasteiger partial charge in [-0.2, -0.15) is 8.42 Å². The zero-order valence-electron chi connectivity index (χ0n) is 15.5. The Kier molecular flexibility index (Phi) is 17.2. The molecule has 0 spiro atoms. The van der Waals surface area contributed by atoms with Crippen LogP contribution in [0.3, 0.4) is 0 Å². The normalized spacial score (nSPS) is 12.2. The molecule has 0 aliphatic carbocycles. The molecular weight excluding hydrogens is 324 g/mol. The van der Waals surface area contributed by atoms with Crippen molar-refractivity contribution < 1.29 is 17.7 Å². The highest BCUT2D eigenvalue weighted by molar-refractivity contribution is 7.85. The maximum absolute atomic E-state index is 10.5. The Hall–Kier alpha value is -0.390. The van der Waals surface area contributed by atoms with E-state index in [1.807, 2.05) is 0 Å². The van der Waals surface area contributed by atoms with Crippen LogP contribution in [0.2, 0.25) is 0 Å². The van der Waals surface area contributed by atoms with Gasteiger partial charge >= 0.3 is 0 Å². The van der Waals surface area contributed by atoms with Crippen LogP contribution in [0.1, 0.15) is 90.4 Å². The Labute approximate surface area is 149 Å². The van der Waals surface area contributed by atoms with E-state index in [4.69, 9.17) is 9.29 Å². The average molecular weight is 363 g/mol. The lowest BCUT2D eigenvalue weighted by Gasteiger charge is -2.03. The number of hydrogen-bond donors (Lipinski definition) is 1. The summed E-state index contributed by atoms with van der Waals surface area (Å²) in [7, 11) is -3.77. The lowest BCUT2D eigenvalue weighted by atomic mass is 10.1. The van der Waals surface area contributed by atoms with Gasteiger partial charge in [0.25, 0.3) is 10.1 Å². The third-order valence-electron chi connectivity index (χ3n) is 4.01. The molecule has 0 radical (unpaired) electrons. The molecule has 0 bridgehead atoms. The third-order valence-corrected chi connectivity index (χ3v) is 4.82. The van der Waals surface area contributed by atoms with Gasteiger partial charge in [-0.25, -0.2) is 0 Å². The van der Waals surface area contributed by atoms with Gasteiger partial charge in [-0.05, 0) is 32.1 Å². The fourth-order valence-electron chi connectivity index (χ4n) is 2.55. The number of allylic oxidation sites excluding steroid dienone is 1. The molecule has 5 heteroatoms. The molecule has 0 unspecified atom stereocenters. The van der Waals surface area contributed by atoms with Crippen molar-refractivity contribution in [3.63, 3.8) is 0 Å². The van der Waals surface area contributed by atoms with Gasteiger partial charge in [0.1, 0.15) is 0 Å². The summed E-state index contributed by atoms with van der Waals surface area (Å²) in [4.78, 5) is 0. The summed E-state index contributed by atoms with van der Waals surface area (Å²) in [5.74, 6) is -0.112. The largest absolute Gasteiger partial charge is 0.381 e. The van der Waals surface area contributed by atoms with Gasteiger partial charge in [0.2, 0.25) is 0 Å². The molecule has 0 aliphatic heterocycles. The molecule has 24 heavy (non-hydrogen) atoms. The fraction of sp³-hybridized carbons (Fsp3) is 0.895. The molecule has 4 nitrogen and oxygen atoms in total. The van der Waals surface area contributed by atoms with Gasteiger partial charge in [0.05, 0.1) is 12.4 Å². The Morgan fingerprint density at radius 3 is 2.04 bits per heavy atom. The smallest absolute Gasteiger partial charge is 0.264 e. The van der Waals surface area contributed by atoms with Crippen LogP contribution < -0.4 is 0 Å². The van der Waals surface area contributed by atoms with Gasteiger partial charge in [-0.15, -0.1) is 0 Å². The SMILES string of the molecule is CCCCCCCCCOCC/C=C\CCCCCCS(=O)(=O)O. The number of ether oxygens (including phenoxy) is 1. The van der Waals surface area contributed by atoms with E-state index in [2.05, 4.69) is 19.1 Å². The van der Waals surface area contributed by atoms with Crippen LogP contribution in [0.15, 0.2) is 12.2 Å². The van der Waals surface area contributed by atoms with Crippen molar-refractivity contribution in [2.24, 2.45) is 0 Å². The Bertz CT molecular complexity index is 377. The minimum absolute atomic E-state index is 0.112. The second kappa shape index (κ2) is 17.4. The summed E-state index contributed by atoms with van der Waals surface area (Å²) in [5.41, 5.74) is 0. The van der Waals surface area contributed by atoms with Gasteiger partial charge in [-0.3, -0.25) is 4.55 Å². The minimum Gasteiger partial charge on any atom is -0.381 e. The molecule has 144 valence electrons. The van der Waals surface area contributed by atoms with Crippen molar-refractivity contribution >= 4 is 10.1 Å². The molecule has 0 rings (SSSR count). The molecule has 0 atom stereocenters. The Balaban J connectivity index is 3.14. The summed E-state index contributed by atoms with van der Waals surface area (Å²) < 4.78 is 35.3. The third kappa shape index (κ3) is 21.6. The maximum atomic E-state index is 10.5. The highest BCUT2D eigenvalue weighted by Gasteiger charge is 2.02. The second-order valence-electron chi connectivity index (χ2n) is 6.48. The monoisotopic (exact) mass is 362 g/mol. The van der Waals surface area contributed by atoms with E-state index in [0.717, 1.165) is 45.3 Å². The summed E-state index contributed by atoms with van der Waals surface area (Å²) in [6.07, 6.45) is 19.1. The molecule has 0 heterocycles. The Morgan fingerprint density at radius 1 is 0.750 bits per heavy atom. The molecule has 0 saturated carbocycles. The van der Waals surface area contributed by atoms with E-state index in [1.165, 1.54) is 44.9 Å². The van der Waals surface area contributed by atoms with Crippen LogP contribution in [0.4, 0.5) is 0 Å². The van der Waals surface area contributed by atoms with Gasteiger partial charge < -0.3 is 4.74 Å². The topological polar surface area (TPSA) is 63.6 Å².